The van der Waals surface area contributed by atoms with Crippen LogP contribution in [-0.2, 0) is 9.47 Å². The molecule has 2 saturated heterocycles. The number of hydrogen-bond acceptors (Lipinski definition) is 5. The van der Waals surface area contributed by atoms with Gasteiger partial charge in [0.05, 0.1) is 26.4 Å². The van der Waals surface area contributed by atoms with E-state index >= 15 is 0 Å². The Labute approximate surface area is 208 Å². The largest absolute Gasteiger partial charge is 0.379 e. The Morgan fingerprint density at radius 2 is 1.58 bits per heavy atom. The summed E-state index contributed by atoms with van der Waals surface area (Å²) in [4.78, 5) is 10.2. The third-order valence-electron chi connectivity index (χ3n) is 6.37. The van der Waals surface area contributed by atoms with E-state index in [9.17, 15) is 0 Å². The highest BCUT2D eigenvalue weighted by Crippen LogP contribution is 2.31. The van der Waals surface area contributed by atoms with Crippen LogP contribution in [0.1, 0.15) is 58.8 Å². The number of halogens is 1. The molecule has 2 fully saturated rings. The standard InChI is InChI=1S/C23H47N5O2.HI/c1-4-6-17-29-19-20-30-18-12-25-22(24-5-2)26-21-23(10-15-27(3)16-11-23)28-13-8-7-9-14-28;/h4-21H2,1-3H3,(H2,24,25,26);1H. The van der Waals surface area contributed by atoms with Gasteiger partial charge in [0.25, 0.3) is 0 Å². The second-order valence-electron chi connectivity index (χ2n) is 8.78. The van der Waals surface area contributed by atoms with Gasteiger partial charge in [-0.05, 0) is 72.3 Å². The lowest BCUT2D eigenvalue weighted by Crippen LogP contribution is -2.58. The first-order valence-corrected chi connectivity index (χ1v) is 12.3. The Morgan fingerprint density at radius 1 is 0.903 bits per heavy atom. The maximum atomic E-state index is 5.68. The van der Waals surface area contributed by atoms with E-state index in [0.717, 1.165) is 38.6 Å². The summed E-state index contributed by atoms with van der Waals surface area (Å²) in [7, 11) is 2.24. The minimum absolute atomic E-state index is 0. The number of piperidine rings is 2. The van der Waals surface area contributed by atoms with Crippen LogP contribution in [-0.4, -0.2) is 101 Å². The maximum absolute atomic E-state index is 5.68. The Balaban J connectivity index is 0.00000480. The minimum atomic E-state index is 0. The van der Waals surface area contributed by atoms with Gasteiger partial charge in [0.1, 0.15) is 0 Å². The molecule has 2 aliphatic heterocycles. The quantitative estimate of drug-likeness (QED) is 0.158. The van der Waals surface area contributed by atoms with Crippen LogP contribution in [0.5, 0.6) is 0 Å². The maximum Gasteiger partial charge on any atom is 0.191 e. The van der Waals surface area contributed by atoms with Crippen molar-refractivity contribution in [3.63, 3.8) is 0 Å². The van der Waals surface area contributed by atoms with Crippen LogP contribution in [0.15, 0.2) is 4.99 Å². The second kappa shape index (κ2) is 17.3. The first-order chi connectivity index (χ1) is 14.7. The van der Waals surface area contributed by atoms with Gasteiger partial charge < -0.3 is 25.0 Å². The van der Waals surface area contributed by atoms with Gasteiger partial charge in [-0.2, -0.15) is 0 Å². The first-order valence-electron chi connectivity index (χ1n) is 12.3. The molecule has 2 aliphatic rings. The third-order valence-corrected chi connectivity index (χ3v) is 6.37. The van der Waals surface area contributed by atoms with Crippen molar-refractivity contribution in [3.05, 3.63) is 0 Å². The molecular weight excluding hydrogens is 505 g/mol. The summed E-state index contributed by atoms with van der Waals surface area (Å²) in [5, 5.41) is 6.85. The first kappa shape index (κ1) is 28.9. The van der Waals surface area contributed by atoms with Crippen molar-refractivity contribution in [3.8, 4) is 0 Å². The Bertz CT molecular complexity index is 467. The predicted molar refractivity (Wildman–Crippen MR) is 141 cm³/mol. The fourth-order valence-corrected chi connectivity index (χ4v) is 4.36. The number of rotatable bonds is 13. The highest BCUT2D eigenvalue weighted by molar-refractivity contribution is 14.0. The van der Waals surface area contributed by atoms with Crippen molar-refractivity contribution in [1.82, 2.24) is 20.4 Å². The molecular formula is C23H48IN5O2. The van der Waals surface area contributed by atoms with Gasteiger partial charge in [-0.15, -0.1) is 24.0 Å². The number of guanidine groups is 1. The van der Waals surface area contributed by atoms with Crippen LogP contribution in [0.25, 0.3) is 0 Å². The molecule has 0 radical (unpaired) electrons. The summed E-state index contributed by atoms with van der Waals surface area (Å²) >= 11 is 0. The lowest BCUT2D eigenvalue weighted by atomic mass is 9.84. The monoisotopic (exact) mass is 553 g/mol. The van der Waals surface area contributed by atoms with Crippen molar-refractivity contribution < 1.29 is 9.47 Å². The lowest BCUT2D eigenvalue weighted by molar-refractivity contribution is 0.0208. The van der Waals surface area contributed by atoms with Gasteiger partial charge in [-0.25, -0.2) is 0 Å². The van der Waals surface area contributed by atoms with Crippen LogP contribution in [0.4, 0.5) is 0 Å². The van der Waals surface area contributed by atoms with E-state index in [1.54, 1.807) is 0 Å². The predicted octanol–water partition coefficient (Wildman–Crippen LogP) is 2.94. The van der Waals surface area contributed by atoms with E-state index in [1.165, 1.54) is 64.7 Å². The zero-order chi connectivity index (χ0) is 21.5. The molecule has 0 bridgehead atoms. The summed E-state index contributed by atoms with van der Waals surface area (Å²) in [6, 6.07) is 0. The molecule has 0 saturated carbocycles. The van der Waals surface area contributed by atoms with E-state index in [1.807, 2.05) is 0 Å². The van der Waals surface area contributed by atoms with Crippen molar-refractivity contribution in [2.75, 3.05) is 79.3 Å². The molecule has 31 heavy (non-hydrogen) atoms. The summed E-state index contributed by atoms with van der Waals surface area (Å²) in [5.74, 6) is 0.913. The fraction of sp³-hybridized carbons (Fsp3) is 0.957. The Morgan fingerprint density at radius 3 is 2.23 bits per heavy atom. The van der Waals surface area contributed by atoms with Gasteiger partial charge in [-0.3, -0.25) is 9.89 Å². The van der Waals surface area contributed by atoms with Gasteiger partial charge >= 0.3 is 0 Å². The number of nitrogens with zero attached hydrogens (tertiary/aromatic N) is 3. The number of unbranched alkanes of at least 4 members (excludes halogenated alkanes) is 1. The van der Waals surface area contributed by atoms with Crippen LogP contribution in [0.2, 0.25) is 0 Å². The zero-order valence-electron chi connectivity index (χ0n) is 20.3. The molecule has 0 unspecified atom stereocenters. The fourth-order valence-electron chi connectivity index (χ4n) is 4.36. The average Bonchev–Trinajstić information content (AvgIpc) is 2.78. The third kappa shape index (κ3) is 11.0. The molecule has 7 nitrogen and oxygen atoms in total. The molecule has 0 aromatic rings. The lowest BCUT2D eigenvalue weighted by Gasteiger charge is -2.49. The zero-order valence-corrected chi connectivity index (χ0v) is 22.6. The van der Waals surface area contributed by atoms with Crippen molar-refractivity contribution in [1.29, 1.82) is 0 Å². The van der Waals surface area contributed by atoms with E-state index in [2.05, 4.69) is 41.3 Å². The second-order valence-corrected chi connectivity index (χ2v) is 8.78. The minimum Gasteiger partial charge on any atom is -0.379 e. The molecule has 0 aromatic heterocycles. The molecule has 0 atom stereocenters. The summed E-state index contributed by atoms with van der Waals surface area (Å²) in [6.45, 7) is 14.5. The van der Waals surface area contributed by atoms with Crippen LogP contribution in [0.3, 0.4) is 0 Å². The molecule has 184 valence electrons. The highest BCUT2D eigenvalue weighted by atomic mass is 127. The van der Waals surface area contributed by atoms with E-state index in [4.69, 9.17) is 14.5 Å². The number of ether oxygens (including phenoxy) is 2. The van der Waals surface area contributed by atoms with Gasteiger partial charge in [0.15, 0.2) is 5.96 Å². The summed E-state index contributed by atoms with van der Waals surface area (Å²) < 4.78 is 11.2. The van der Waals surface area contributed by atoms with Gasteiger partial charge in [0, 0.05) is 25.2 Å². The highest BCUT2D eigenvalue weighted by Gasteiger charge is 2.39. The number of nitrogens with one attached hydrogen (secondary N) is 2. The molecule has 0 aliphatic carbocycles. The Hall–Kier alpha value is -0.160. The van der Waals surface area contributed by atoms with Gasteiger partial charge in [0.2, 0.25) is 0 Å². The molecule has 2 rings (SSSR count). The average molecular weight is 554 g/mol. The molecule has 0 aromatic carbocycles. The molecule has 2 N–H and O–H groups in total. The van der Waals surface area contributed by atoms with Crippen molar-refractivity contribution in [2.24, 2.45) is 4.99 Å². The van der Waals surface area contributed by atoms with Crippen molar-refractivity contribution in [2.45, 2.75) is 64.3 Å². The smallest absolute Gasteiger partial charge is 0.191 e. The van der Waals surface area contributed by atoms with Crippen LogP contribution < -0.4 is 10.6 Å². The van der Waals surface area contributed by atoms with E-state index in [-0.39, 0.29) is 29.5 Å². The molecule has 2 heterocycles. The summed E-state index contributed by atoms with van der Waals surface area (Å²) in [6.07, 6.45) is 8.77. The van der Waals surface area contributed by atoms with E-state index < -0.39 is 0 Å². The van der Waals surface area contributed by atoms with Crippen LogP contribution >= 0.6 is 24.0 Å². The number of likely N-dealkylation sites (tertiary alicyclic amines) is 2. The summed E-state index contributed by atoms with van der Waals surface area (Å²) in [5.41, 5.74) is 0.224. The molecule has 8 heteroatoms. The van der Waals surface area contributed by atoms with E-state index in [0.29, 0.717) is 19.8 Å². The number of hydrogen-bond donors (Lipinski definition) is 2. The van der Waals surface area contributed by atoms with Crippen LogP contribution in [0, 0.1) is 0 Å². The van der Waals surface area contributed by atoms with Crippen molar-refractivity contribution >= 4 is 29.9 Å². The van der Waals surface area contributed by atoms with Gasteiger partial charge in [-0.1, -0.05) is 19.8 Å². The molecule has 0 spiro atoms. The topological polar surface area (TPSA) is 61.4 Å². The number of aliphatic imine (C=N–C) groups is 1. The SMILES string of the molecule is CCCCOCCOCCNC(=NCC1(N2CCCCC2)CCN(C)CC1)NCC.I. The Kier molecular flexibility index (Phi) is 16.1. The normalized spacial score (nSPS) is 20.3. The molecule has 0 amide bonds.